The lowest BCUT2D eigenvalue weighted by Gasteiger charge is -2.30. The first-order valence-corrected chi connectivity index (χ1v) is 10.2. The molecule has 1 saturated heterocycles. The van der Waals surface area contributed by atoms with Gasteiger partial charge in [-0.05, 0) is 43.9 Å². The molecule has 2 aliphatic rings. The van der Waals surface area contributed by atoms with Crippen molar-refractivity contribution in [2.24, 2.45) is 5.92 Å². The van der Waals surface area contributed by atoms with Crippen LogP contribution in [0.15, 0.2) is 18.2 Å². The number of hydrogen-bond acceptors (Lipinski definition) is 5. The van der Waals surface area contributed by atoms with Gasteiger partial charge in [0.2, 0.25) is 22.7 Å². The maximum atomic E-state index is 12.3. The van der Waals surface area contributed by atoms with Crippen LogP contribution in [-0.2, 0) is 21.2 Å². The third kappa shape index (κ3) is 4.24. The van der Waals surface area contributed by atoms with E-state index >= 15 is 0 Å². The number of piperidine rings is 1. The zero-order valence-electron chi connectivity index (χ0n) is 14.4. The summed E-state index contributed by atoms with van der Waals surface area (Å²) in [6.45, 7) is 3.30. The summed E-state index contributed by atoms with van der Waals surface area (Å²) in [5, 5.41) is 2.96. The maximum absolute atomic E-state index is 12.3. The molecule has 1 amide bonds. The van der Waals surface area contributed by atoms with Gasteiger partial charge in [0.1, 0.15) is 0 Å². The van der Waals surface area contributed by atoms with Gasteiger partial charge >= 0.3 is 0 Å². The Bertz CT molecular complexity index is 727. The van der Waals surface area contributed by atoms with Gasteiger partial charge in [0, 0.05) is 25.6 Å². The minimum Gasteiger partial charge on any atom is -0.454 e. The Morgan fingerprint density at radius 3 is 2.68 bits per heavy atom. The van der Waals surface area contributed by atoms with Crippen LogP contribution in [0.2, 0.25) is 0 Å². The summed E-state index contributed by atoms with van der Waals surface area (Å²) >= 11 is 0. The number of carbonyl (C=O) groups is 1. The molecule has 1 aromatic carbocycles. The second-order valence-electron chi connectivity index (χ2n) is 6.30. The highest BCUT2D eigenvalue weighted by Gasteiger charge is 2.29. The summed E-state index contributed by atoms with van der Waals surface area (Å²) in [4.78, 5) is 12.3. The summed E-state index contributed by atoms with van der Waals surface area (Å²) < 4.78 is 35.8. The van der Waals surface area contributed by atoms with Crippen LogP contribution < -0.4 is 14.8 Å². The zero-order chi connectivity index (χ0) is 17.9. The Labute approximate surface area is 148 Å². The molecule has 0 bridgehead atoms. The number of sulfonamides is 1. The number of nitrogens with zero attached hydrogens (tertiary/aromatic N) is 1. The molecule has 7 nitrogen and oxygen atoms in total. The molecule has 0 unspecified atom stereocenters. The molecule has 0 radical (unpaired) electrons. The van der Waals surface area contributed by atoms with Crippen molar-refractivity contribution in [3.05, 3.63) is 23.8 Å². The van der Waals surface area contributed by atoms with Crippen LogP contribution >= 0.6 is 0 Å². The second kappa shape index (κ2) is 7.61. The van der Waals surface area contributed by atoms with Crippen molar-refractivity contribution in [1.29, 1.82) is 0 Å². The smallest absolute Gasteiger partial charge is 0.231 e. The van der Waals surface area contributed by atoms with Crippen LogP contribution in [0.5, 0.6) is 11.5 Å². The fourth-order valence-corrected chi connectivity index (χ4v) is 4.28. The lowest BCUT2D eigenvalue weighted by Crippen LogP contribution is -2.43. The Balaban J connectivity index is 1.43. The standard InChI is InChI=1S/C17H24N2O5S/c1-2-25(21,22)19-9-6-14(7-10-19)17(20)18-8-5-13-3-4-15-16(11-13)24-12-23-15/h3-4,11,14H,2,5-10,12H2,1H3,(H,18,20). The van der Waals surface area contributed by atoms with Crippen LogP contribution in [0.3, 0.4) is 0 Å². The van der Waals surface area contributed by atoms with Gasteiger partial charge in [-0.25, -0.2) is 12.7 Å². The first-order valence-electron chi connectivity index (χ1n) is 8.63. The van der Waals surface area contributed by atoms with Gasteiger partial charge in [-0.3, -0.25) is 4.79 Å². The van der Waals surface area contributed by atoms with Crippen molar-refractivity contribution in [3.63, 3.8) is 0 Å². The number of amides is 1. The van der Waals surface area contributed by atoms with Gasteiger partial charge in [-0.1, -0.05) is 6.07 Å². The van der Waals surface area contributed by atoms with Gasteiger partial charge in [0.15, 0.2) is 11.5 Å². The highest BCUT2D eigenvalue weighted by Crippen LogP contribution is 2.32. The Morgan fingerprint density at radius 2 is 1.96 bits per heavy atom. The van der Waals surface area contributed by atoms with Crippen LogP contribution in [0.1, 0.15) is 25.3 Å². The van der Waals surface area contributed by atoms with E-state index in [4.69, 9.17) is 9.47 Å². The van der Waals surface area contributed by atoms with Crippen molar-refractivity contribution >= 4 is 15.9 Å². The first-order chi connectivity index (χ1) is 12.0. The lowest BCUT2D eigenvalue weighted by molar-refractivity contribution is -0.126. The SMILES string of the molecule is CCS(=O)(=O)N1CCC(C(=O)NCCc2ccc3c(c2)OCO3)CC1. The first kappa shape index (κ1) is 18.0. The molecule has 25 heavy (non-hydrogen) atoms. The molecule has 2 heterocycles. The predicted molar refractivity (Wildman–Crippen MR) is 93.0 cm³/mol. The van der Waals surface area contributed by atoms with Crippen molar-refractivity contribution in [1.82, 2.24) is 9.62 Å². The van der Waals surface area contributed by atoms with Gasteiger partial charge < -0.3 is 14.8 Å². The van der Waals surface area contributed by atoms with E-state index < -0.39 is 10.0 Å². The number of benzene rings is 1. The minimum absolute atomic E-state index is 0.00860. The number of hydrogen-bond donors (Lipinski definition) is 1. The maximum Gasteiger partial charge on any atom is 0.231 e. The largest absolute Gasteiger partial charge is 0.454 e. The summed E-state index contributed by atoms with van der Waals surface area (Å²) in [5.74, 6) is 1.50. The Morgan fingerprint density at radius 1 is 1.24 bits per heavy atom. The van der Waals surface area contributed by atoms with E-state index in [1.165, 1.54) is 4.31 Å². The molecule has 0 aliphatic carbocycles. The molecule has 3 rings (SSSR count). The molecule has 2 aliphatic heterocycles. The number of carbonyl (C=O) groups excluding carboxylic acids is 1. The van der Waals surface area contributed by atoms with Crippen molar-refractivity contribution in [3.8, 4) is 11.5 Å². The van der Waals surface area contributed by atoms with E-state index in [9.17, 15) is 13.2 Å². The van der Waals surface area contributed by atoms with E-state index in [2.05, 4.69) is 5.32 Å². The predicted octanol–water partition coefficient (Wildman–Crippen LogP) is 1.14. The Hall–Kier alpha value is -1.80. The van der Waals surface area contributed by atoms with Gasteiger partial charge in [0.25, 0.3) is 0 Å². The van der Waals surface area contributed by atoms with Gasteiger partial charge in [-0.15, -0.1) is 0 Å². The van der Waals surface area contributed by atoms with E-state index in [1.54, 1.807) is 6.92 Å². The normalized spacial score (nSPS) is 18.3. The summed E-state index contributed by atoms with van der Waals surface area (Å²) in [5.41, 5.74) is 1.08. The molecule has 0 spiro atoms. The van der Waals surface area contributed by atoms with Crippen LogP contribution in [0.25, 0.3) is 0 Å². The van der Waals surface area contributed by atoms with Crippen molar-refractivity contribution in [2.45, 2.75) is 26.2 Å². The molecule has 8 heteroatoms. The highest BCUT2D eigenvalue weighted by atomic mass is 32.2. The summed E-state index contributed by atoms with van der Waals surface area (Å²) in [6, 6.07) is 5.78. The van der Waals surface area contributed by atoms with E-state index in [-0.39, 0.29) is 24.4 Å². The topological polar surface area (TPSA) is 84.9 Å². The minimum atomic E-state index is -3.15. The molecule has 138 valence electrons. The fraction of sp³-hybridized carbons (Fsp3) is 0.588. The zero-order valence-corrected chi connectivity index (χ0v) is 15.2. The molecule has 1 fully saturated rings. The summed E-state index contributed by atoms with van der Waals surface area (Å²) in [7, 11) is -3.15. The molecule has 0 atom stereocenters. The van der Waals surface area contributed by atoms with Crippen molar-refractivity contribution < 1.29 is 22.7 Å². The number of nitrogens with one attached hydrogen (secondary N) is 1. The summed E-state index contributed by atoms with van der Waals surface area (Å²) in [6.07, 6.45) is 1.87. The number of fused-ring (bicyclic) bond motifs is 1. The molecular formula is C17H24N2O5S. The van der Waals surface area contributed by atoms with Crippen LogP contribution in [0, 0.1) is 5.92 Å². The third-order valence-corrected chi connectivity index (χ3v) is 6.61. The van der Waals surface area contributed by atoms with Crippen LogP contribution in [0.4, 0.5) is 0 Å². The number of ether oxygens (including phenoxy) is 2. The molecular weight excluding hydrogens is 344 g/mol. The van der Waals surface area contributed by atoms with E-state index in [0.29, 0.717) is 38.9 Å². The lowest BCUT2D eigenvalue weighted by atomic mass is 9.97. The average molecular weight is 368 g/mol. The fourth-order valence-electron chi connectivity index (χ4n) is 3.15. The molecule has 1 N–H and O–H groups in total. The van der Waals surface area contributed by atoms with E-state index in [0.717, 1.165) is 17.1 Å². The number of rotatable bonds is 6. The van der Waals surface area contributed by atoms with Crippen LogP contribution in [-0.4, -0.2) is 50.8 Å². The van der Waals surface area contributed by atoms with Gasteiger partial charge in [0.05, 0.1) is 5.75 Å². The van der Waals surface area contributed by atoms with Gasteiger partial charge in [-0.2, -0.15) is 0 Å². The monoisotopic (exact) mass is 368 g/mol. The molecule has 0 saturated carbocycles. The highest BCUT2D eigenvalue weighted by molar-refractivity contribution is 7.89. The van der Waals surface area contributed by atoms with E-state index in [1.807, 2.05) is 18.2 Å². The Kier molecular flexibility index (Phi) is 5.48. The molecule has 1 aromatic rings. The quantitative estimate of drug-likeness (QED) is 0.814. The average Bonchev–Trinajstić information content (AvgIpc) is 3.09. The third-order valence-electron chi connectivity index (χ3n) is 4.73. The molecule has 0 aromatic heterocycles. The van der Waals surface area contributed by atoms with Crippen molar-refractivity contribution in [2.75, 3.05) is 32.2 Å². The second-order valence-corrected chi connectivity index (χ2v) is 8.56.